The Morgan fingerprint density at radius 3 is 2.06 bits per heavy atom. The Balaban J connectivity index is 0.000000331. The number of methoxy groups -OCH3 is 1. The number of likely N-dealkylation sites (tertiary alicyclic amines) is 1. The number of ketones is 1. The Bertz CT molecular complexity index is 1190. The van der Waals surface area contributed by atoms with Crippen LogP contribution in [0.4, 0.5) is 0 Å². The molecular formula is C25H26N2O6. The molecule has 0 unspecified atom stereocenters. The van der Waals surface area contributed by atoms with Gasteiger partial charge in [0.25, 0.3) is 0 Å². The SMILES string of the molecule is COc1ccc(C(=O)c2c(C)n(C3CN(C)C3)c3ccccc23)cc1.O=C(O)C=CC(=O)O. The molecule has 2 heterocycles. The number of para-hydroxylation sites is 1. The molecule has 0 aliphatic carbocycles. The average molecular weight is 450 g/mol. The molecule has 2 N–H and O–H groups in total. The van der Waals surface area contributed by atoms with E-state index in [0.29, 0.717) is 23.8 Å². The number of aliphatic carboxylic acids is 2. The lowest BCUT2D eigenvalue weighted by Gasteiger charge is -2.38. The highest BCUT2D eigenvalue weighted by Crippen LogP contribution is 2.33. The molecule has 0 bridgehead atoms. The van der Waals surface area contributed by atoms with Crippen LogP contribution < -0.4 is 4.74 Å². The minimum atomic E-state index is -1.26. The highest BCUT2D eigenvalue weighted by atomic mass is 16.5. The number of aromatic nitrogens is 1. The van der Waals surface area contributed by atoms with Gasteiger partial charge in [-0.05, 0) is 44.3 Å². The summed E-state index contributed by atoms with van der Waals surface area (Å²) in [6.07, 6.45) is 1.12. The maximum Gasteiger partial charge on any atom is 0.328 e. The molecule has 1 aliphatic rings. The van der Waals surface area contributed by atoms with E-state index in [-0.39, 0.29) is 5.78 Å². The third kappa shape index (κ3) is 5.30. The van der Waals surface area contributed by atoms with Crippen molar-refractivity contribution in [1.29, 1.82) is 0 Å². The maximum atomic E-state index is 13.2. The summed E-state index contributed by atoms with van der Waals surface area (Å²) in [5, 5.41) is 16.7. The minimum absolute atomic E-state index is 0.0720. The maximum absolute atomic E-state index is 13.2. The van der Waals surface area contributed by atoms with Gasteiger partial charge < -0.3 is 24.4 Å². The van der Waals surface area contributed by atoms with E-state index in [2.05, 4.69) is 35.6 Å². The number of hydrogen-bond donors (Lipinski definition) is 2. The molecule has 1 saturated heterocycles. The van der Waals surface area contributed by atoms with E-state index in [1.165, 1.54) is 0 Å². The summed E-state index contributed by atoms with van der Waals surface area (Å²) in [4.78, 5) is 34.6. The van der Waals surface area contributed by atoms with Crippen molar-refractivity contribution in [3.8, 4) is 5.75 Å². The molecule has 1 aromatic heterocycles. The molecular weight excluding hydrogens is 424 g/mol. The van der Waals surface area contributed by atoms with Crippen LogP contribution in [-0.4, -0.2) is 64.6 Å². The number of fused-ring (bicyclic) bond motifs is 1. The number of rotatable bonds is 6. The van der Waals surface area contributed by atoms with E-state index >= 15 is 0 Å². The summed E-state index contributed by atoms with van der Waals surface area (Å²) in [5.41, 5.74) is 3.71. The van der Waals surface area contributed by atoms with Crippen LogP contribution in [0, 0.1) is 6.92 Å². The normalized spacial score (nSPS) is 13.9. The second-order valence-electron chi connectivity index (χ2n) is 7.79. The largest absolute Gasteiger partial charge is 0.497 e. The van der Waals surface area contributed by atoms with Gasteiger partial charge in [-0.2, -0.15) is 0 Å². The van der Waals surface area contributed by atoms with Crippen LogP contribution in [-0.2, 0) is 9.59 Å². The summed E-state index contributed by atoms with van der Waals surface area (Å²) >= 11 is 0. The van der Waals surface area contributed by atoms with Crippen LogP contribution in [0.3, 0.4) is 0 Å². The molecule has 0 radical (unpaired) electrons. The third-order valence-corrected chi connectivity index (χ3v) is 5.51. The van der Waals surface area contributed by atoms with E-state index in [4.69, 9.17) is 14.9 Å². The number of benzene rings is 2. The second-order valence-corrected chi connectivity index (χ2v) is 7.79. The van der Waals surface area contributed by atoms with Crippen molar-refractivity contribution < 1.29 is 29.3 Å². The number of carbonyl (C=O) groups excluding carboxylic acids is 1. The van der Waals surface area contributed by atoms with Gasteiger partial charge in [0, 0.05) is 47.4 Å². The van der Waals surface area contributed by atoms with E-state index in [1.54, 1.807) is 7.11 Å². The van der Waals surface area contributed by atoms with Gasteiger partial charge in [-0.25, -0.2) is 9.59 Å². The molecule has 1 aliphatic heterocycles. The molecule has 0 saturated carbocycles. The lowest BCUT2D eigenvalue weighted by Crippen LogP contribution is -2.45. The first-order valence-corrected chi connectivity index (χ1v) is 10.3. The van der Waals surface area contributed by atoms with Gasteiger partial charge in [0.15, 0.2) is 5.78 Å². The van der Waals surface area contributed by atoms with Gasteiger partial charge >= 0.3 is 11.9 Å². The summed E-state index contributed by atoms with van der Waals surface area (Å²) in [6.45, 7) is 4.11. The van der Waals surface area contributed by atoms with Gasteiger partial charge in [0.1, 0.15) is 5.75 Å². The fraction of sp³-hybridized carbons (Fsp3) is 0.240. The van der Waals surface area contributed by atoms with Gasteiger partial charge in [0.05, 0.1) is 18.7 Å². The van der Waals surface area contributed by atoms with Crippen LogP contribution >= 0.6 is 0 Å². The molecule has 1 fully saturated rings. The summed E-state index contributed by atoms with van der Waals surface area (Å²) in [5.74, 6) is -1.68. The monoisotopic (exact) mass is 450 g/mol. The predicted molar refractivity (Wildman–Crippen MR) is 124 cm³/mol. The Morgan fingerprint density at radius 1 is 0.970 bits per heavy atom. The minimum Gasteiger partial charge on any atom is -0.497 e. The lowest BCUT2D eigenvalue weighted by molar-refractivity contribution is -0.134. The van der Waals surface area contributed by atoms with E-state index in [1.807, 2.05) is 36.4 Å². The number of nitrogens with zero attached hydrogens (tertiary/aromatic N) is 2. The first kappa shape index (κ1) is 23.7. The standard InChI is InChI=1S/C21H22N2O2.C4H4O4/c1-14-20(21(24)15-8-10-17(25-3)11-9-15)18-6-4-5-7-19(18)23(14)16-12-22(2)13-16;5-3(6)1-2-4(7)8/h4-11,16H,12-13H2,1-3H3;1-2H,(H,5,6)(H,7,8). The van der Waals surface area contributed by atoms with Crippen LogP contribution in [0.1, 0.15) is 27.7 Å². The molecule has 0 atom stereocenters. The number of ether oxygens (including phenoxy) is 1. The Kier molecular flexibility index (Phi) is 7.30. The number of hydrogen-bond acceptors (Lipinski definition) is 5. The van der Waals surface area contributed by atoms with Gasteiger partial charge in [0.2, 0.25) is 0 Å². The van der Waals surface area contributed by atoms with Crippen molar-refractivity contribution >= 4 is 28.6 Å². The van der Waals surface area contributed by atoms with Crippen LogP contribution in [0.5, 0.6) is 5.75 Å². The van der Waals surface area contributed by atoms with Crippen molar-refractivity contribution in [3.05, 3.63) is 77.5 Å². The third-order valence-electron chi connectivity index (χ3n) is 5.51. The highest BCUT2D eigenvalue weighted by molar-refractivity contribution is 6.17. The Labute approximate surface area is 191 Å². The predicted octanol–water partition coefficient (Wildman–Crippen LogP) is 3.39. The average Bonchev–Trinajstić information content (AvgIpc) is 3.07. The van der Waals surface area contributed by atoms with E-state index < -0.39 is 11.9 Å². The first-order chi connectivity index (χ1) is 15.7. The molecule has 3 aromatic rings. The fourth-order valence-electron chi connectivity index (χ4n) is 4.01. The second kappa shape index (κ2) is 10.1. The van der Waals surface area contributed by atoms with Gasteiger partial charge in [-0.15, -0.1) is 0 Å². The Hall–Kier alpha value is -3.91. The highest BCUT2D eigenvalue weighted by Gasteiger charge is 2.30. The first-order valence-electron chi connectivity index (χ1n) is 10.3. The molecule has 0 spiro atoms. The number of carboxylic acids is 2. The molecule has 33 heavy (non-hydrogen) atoms. The van der Waals surface area contributed by atoms with Crippen molar-refractivity contribution in [2.45, 2.75) is 13.0 Å². The molecule has 8 heteroatoms. The number of carboxylic acid groups (broad SMARTS) is 2. The van der Waals surface area contributed by atoms with Crippen LogP contribution in [0.2, 0.25) is 0 Å². The summed E-state index contributed by atoms with van der Waals surface area (Å²) < 4.78 is 7.54. The van der Waals surface area contributed by atoms with Gasteiger partial charge in [-0.3, -0.25) is 4.79 Å². The quantitative estimate of drug-likeness (QED) is 0.438. The van der Waals surface area contributed by atoms with Crippen molar-refractivity contribution in [2.75, 3.05) is 27.2 Å². The van der Waals surface area contributed by atoms with E-state index in [0.717, 1.165) is 41.0 Å². The zero-order valence-corrected chi connectivity index (χ0v) is 18.7. The lowest BCUT2D eigenvalue weighted by atomic mass is 10.0. The smallest absolute Gasteiger partial charge is 0.328 e. The van der Waals surface area contributed by atoms with Crippen molar-refractivity contribution in [3.63, 3.8) is 0 Å². The van der Waals surface area contributed by atoms with Crippen molar-refractivity contribution in [1.82, 2.24) is 9.47 Å². The molecule has 172 valence electrons. The van der Waals surface area contributed by atoms with Crippen molar-refractivity contribution in [2.24, 2.45) is 0 Å². The molecule has 8 nitrogen and oxygen atoms in total. The zero-order chi connectivity index (χ0) is 24.1. The number of likely N-dealkylation sites (N-methyl/N-ethyl adjacent to an activating group) is 1. The number of carbonyl (C=O) groups is 3. The van der Waals surface area contributed by atoms with Gasteiger partial charge in [-0.1, -0.05) is 18.2 Å². The fourth-order valence-corrected chi connectivity index (χ4v) is 4.01. The molecule has 4 rings (SSSR count). The Morgan fingerprint density at radius 2 is 1.55 bits per heavy atom. The summed E-state index contributed by atoms with van der Waals surface area (Å²) in [7, 11) is 3.76. The molecule has 2 aromatic carbocycles. The van der Waals surface area contributed by atoms with Crippen LogP contribution in [0.25, 0.3) is 10.9 Å². The zero-order valence-electron chi connectivity index (χ0n) is 18.7. The van der Waals surface area contributed by atoms with E-state index in [9.17, 15) is 14.4 Å². The topological polar surface area (TPSA) is 109 Å². The summed E-state index contributed by atoms with van der Waals surface area (Å²) in [6, 6.07) is 16.0. The van der Waals surface area contributed by atoms with Crippen LogP contribution in [0.15, 0.2) is 60.7 Å². The molecule has 0 amide bonds.